The molecular weight excluding hydrogens is 424 g/mol. The highest BCUT2D eigenvalue weighted by Crippen LogP contribution is 2.32. The van der Waals surface area contributed by atoms with Crippen LogP contribution in [0.25, 0.3) is 11.1 Å². The summed E-state index contributed by atoms with van der Waals surface area (Å²) in [5, 5.41) is 11.3. The third kappa shape index (κ3) is 6.23. The predicted octanol–water partition coefficient (Wildman–Crippen LogP) is 5.39. The topological polar surface area (TPSA) is 99.2 Å². The van der Waals surface area contributed by atoms with Gasteiger partial charge in [0, 0.05) is 36.4 Å². The Morgan fingerprint density at radius 1 is 1.03 bits per heavy atom. The molecule has 0 radical (unpaired) electrons. The number of nitriles is 1. The van der Waals surface area contributed by atoms with Crippen molar-refractivity contribution in [1.82, 2.24) is 0 Å². The molecule has 0 aromatic heterocycles. The number of benzene rings is 3. The summed E-state index contributed by atoms with van der Waals surface area (Å²) in [5.74, 6) is 0.0525. The van der Waals surface area contributed by atoms with Crippen LogP contribution in [0.4, 0.5) is 17.1 Å². The molecule has 1 heterocycles. The largest absolute Gasteiger partial charge is 0.399 e. The maximum Gasteiger partial charge on any atom is 0.226 e. The molecule has 0 bridgehead atoms. The van der Waals surface area contributed by atoms with Gasteiger partial charge < -0.3 is 16.0 Å². The molecule has 0 unspecified atom stereocenters. The van der Waals surface area contributed by atoms with E-state index in [9.17, 15) is 9.59 Å². The first kappa shape index (κ1) is 24.5. The first-order chi connectivity index (χ1) is 16.3. The zero-order chi connectivity index (χ0) is 24.7. The van der Waals surface area contributed by atoms with Gasteiger partial charge in [0.1, 0.15) is 0 Å². The first-order valence-electron chi connectivity index (χ1n) is 11.4. The Labute approximate surface area is 201 Å². The van der Waals surface area contributed by atoms with Crippen LogP contribution in [0.2, 0.25) is 0 Å². The van der Waals surface area contributed by atoms with Crippen LogP contribution >= 0.6 is 0 Å². The van der Waals surface area contributed by atoms with Crippen molar-refractivity contribution in [2.24, 2.45) is 5.92 Å². The lowest BCUT2D eigenvalue weighted by Gasteiger charge is -2.29. The summed E-state index contributed by atoms with van der Waals surface area (Å²) in [5.41, 5.74) is 11.9. The monoisotopic (exact) mass is 454 g/mol. The fourth-order valence-corrected chi connectivity index (χ4v) is 3.72. The Hall–Kier alpha value is -4.11. The quantitative estimate of drug-likeness (QED) is 0.519. The van der Waals surface area contributed by atoms with E-state index in [0.717, 1.165) is 41.9 Å². The molecule has 3 aromatic carbocycles. The number of hydrogen-bond donors (Lipinski definition) is 2. The number of nitrogen functional groups attached to an aromatic ring is 1. The van der Waals surface area contributed by atoms with Crippen molar-refractivity contribution in [3.8, 4) is 17.2 Å². The van der Waals surface area contributed by atoms with E-state index in [0.29, 0.717) is 11.3 Å². The molecule has 3 N–H and O–H groups in total. The average molecular weight is 455 g/mol. The molecular formula is C28H30N4O2. The van der Waals surface area contributed by atoms with E-state index in [1.165, 1.54) is 5.56 Å². The van der Waals surface area contributed by atoms with Crippen molar-refractivity contribution in [1.29, 1.82) is 5.26 Å². The molecule has 2 amide bonds. The van der Waals surface area contributed by atoms with E-state index < -0.39 is 0 Å². The van der Waals surface area contributed by atoms with E-state index in [-0.39, 0.29) is 17.7 Å². The van der Waals surface area contributed by atoms with Crippen LogP contribution < -0.4 is 16.0 Å². The number of anilines is 3. The van der Waals surface area contributed by atoms with Gasteiger partial charge in [-0.15, -0.1) is 0 Å². The molecule has 1 aliphatic heterocycles. The van der Waals surface area contributed by atoms with Gasteiger partial charge in [-0.25, -0.2) is 0 Å². The van der Waals surface area contributed by atoms with Crippen molar-refractivity contribution in [3.63, 3.8) is 0 Å². The number of rotatable bonds is 3. The Bertz CT molecular complexity index is 1210. The van der Waals surface area contributed by atoms with Crippen LogP contribution in [-0.4, -0.2) is 18.4 Å². The second kappa shape index (κ2) is 11.2. The lowest BCUT2D eigenvalue weighted by molar-refractivity contribution is -0.119. The summed E-state index contributed by atoms with van der Waals surface area (Å²) in [6.45, 7) is 6.16. The number of nitrogens with one attached hydrogen (secondary N) is 1. The van der Waals surface area contributed by atoms with E-state index >= 15 is 0 Å². The highest BCUT2D eigenvalue weighted by molar-refractivity contribution is 5.94. The Morgan fingerprint density at radius 2 is 1.74 bits per heavy atom. The van der Waals surface area contributed by atoms with Gasteiger partial charge in [-0.2, -0.15) is 5.26 Å². The molecule has 3 aromatic rings. The Kier molecular flexibility index (Phi) is 8.05. The van der Waals surface area contributed by atoms with Gasteiger partial charge in [-0.05, 0) is 78.1 Å². The van der Waals surface area contributed by atoms with Gasteiger partial charge in [0.2, 0.25) is 11.8 Å². The summed E-state index contributed by atoms with van der Waals surface area (Å²) in [7, 11) is 0. The van der Waals surface area contributed by atoms with Gasteiger partial charge in [-0.1, -0.05) is 32.0 Å². The first-order valence-corrected chi connectivity index (χ1v) is 11.4. The maximum absolute atomic E-state index is 11.9. The predicted molar refractivity (Wildman–Crippen MR) is 137 cm³/mol. The highest BCUT2D eigenvalue weighted by atomic mass is 16.2. The third-order valence-corrected chi connectivity index (χ3v) is 5.61. The van der Waals surface area contributed by atoms with Crippen molar-refractivity contribution in [2.75, 3.05) is 22.5 Å². The van der Waals surface area contributed by atoms with Crippen molar-refractivity contribution < 1.29 is 9.59 Å². The van der Waals surface area contributed by atoms with Crippen LogP contribution in [0.1, 0.15) is 38.3 Å². The smallest absolute Gasteiger partial charge is 0.226 e. The summed E-state index contributed by atoms with van der Waals surface area (Å²) < 4.78 is 0. The van der Waals surface area contributed by atoms with E-state index in [1.807, 2.05) is 61.2 Å². The van der Waals surface area contributed by atoms with Gasteiger partial charge in [0.05, 0.1) is 11.6 Å². The highest BCUT2D eigenvalue weighted by Gasteiger charge is 2.20. The number of carbonyl (C=O) groups excluding carboxylic acids is 2. The van der Waals surface area contributed by atoms with Crippen molar-refractivity contribution in [2.45, 2.75) is 33.6 Å². The van der Waals surface area contributed by atoms with Crippen molar-refractivity contribution in [3.05, 3.63) is 77.9 Å². The summed E-state index contributed by atoms with van der Waals surface area (Å²) in [6, 6.07) is 22.9. The van der Waals surface area contributed by atoms with Gasteiger partial charge in [0.25, 0.3) is 0 Å². The zero-order valence-electron chi connectivity index (χ0n) is 19.8. The fraction of sp³-hybridized carbons (Fsp3) is 0.250. The molecule has 0 spiro atoms. The zero-order valence-corrected chi connectivity index (χ0v) is 19.8. The SMILES string of the molecule is CC(=O)N1CCCc2cc(-c3cccc(NC(=O)C(C)C)c3)ccc21.N#Cc1ccc(N)cc1. The number of amides is 2. The molecule has 34 heavy (non-hydrogen) atoms. The fourth-order valence-electron chi connectivity index (χ4n) is 3.72. The van der Waals surface area contributed by atoms with Crippen LogP contribution in [0.5, 0.6) is 0 Å². The lowest BCUT2D eigenvalue weighted by Crippen LogP contribution is -2.33. The summed E-state index contributed by atoms with van der Waals surface area (Å²) >= 11 is 0. The summed E-state index contributed by atoms with van der Waals surface area (Å²) in [4.78, 5) is 25.6. The standard InChI is InChI=1S/C21H24N2O2.C7H6N2/c1-14(2)21(25)22-19-8-4-6-16(13-19)17-9-10-20-18(12-17)7-5-11-23(20)15(3)24;8-5-6-1-3-7(9)4-2-6/h4,6,8-10,12-14H,5,7,11H2,1-3H3,(H,22,25);1-4H,9H2. The van der Waals surface area contributed by atoms with E-state index in [2.05, 4.69) is 11.4 Å². The lowest BCUT2D eigenvalue weighted by atomic mass is 9.96. The number of hydrogen-bond acceptors (Lipinski definition) is 4. The molecule has 0 saturated heterocycles. The third-order valence-electron chi connectivity index (χ3n) is 5.61. The number of nitrogens with zero attached hydrogens (tertiary/aromatic N) is 2. The molecule has 4 rings (SSSR count). The number of aryl methyl sites for hydroxylation is 1. The van der Waals surface area contributed by atoms with E-state index in [4.69, 9.17) is 11.0 Å². The number of nitrogens with two attached hydrogens (primary N) is 1. The van der Waals surface area contributed by atoms with Crippen molar-refractivity contribution >= 4 is 28.9 Å². The Balaban J connectivity index is 0.000000302. The Morgan fingerprint density at radius 3 is 2.38 bits per heavy atom. The minimum absolute atomic E-state index is 0.0136. The molecule has 6 heteroatoms. The molecule has 0 saturated carbocycles. The minimum atomic E-state index is -0.0510. The maximum atomic E-state index is 11.9. The normalized spacial score (nSPS) is 12.1. The van der Waals surface area contributed by atoms with Gasteiger partial charge in [-0.3, -0.25) is 9.59 Å². The molecule has 0 atom stereocenters. The molecule has 0 fully saturated rings. The molecule has 6 nitrogen and oxygen atoms in total. The van der Waals surface area contributed by atoms with E-state index in [1.54, 1.807) is 31.2 Å². The average Bonchev–Trinajstić information content (AvgIpc) is 2.84. The molecule has 0 aliphatic carbocycles. The minimum Gasteiger partial charge on any atom is -0.399 e. The molecule has 174 valence electrons. The van der Waals surface area contributed by atoms with Crippen LogP contribution in [0.15, 0.2) is 66.7 Å². The number of fused-ring (bicyclic) bond motifs is 1. The van der Waals surface area contributed by atoms with Crippen LogP contribution in [0.3, 0.4) is 0 Å². The van der Waals surface area contributed by atoms with Gasteiger partial charge >= 0.3 is 0 Å². The molecule has 1 aliphatic rings. The van der Waals surface area contributed by atoms with Gasteiger partial charge in [0.15, 0.2) is 0 Å². The summed E-state index contributed by atoms with van der Waals surface area (Å²) in [6.07, 6.45) is 1.97. The second-order valence-corrected chi connectivity index (χ2v) is 8.58. The van der Waals surface area contributed by atoms with Crippen LogP contribution in [-0.2, 0) is 16.0 Å². The number of carbonyl (C=O) groups is 2. The second-order valence-electron chi connectivity index (χ2n) is 8.58. The van der Waals surface area contributed by atoms with Crippen LogP contribution in [0, 0.1) is 17.2 Å².